The Morgan fingerprint density at radius 3 is 2.73 bits per heavy atom. The van der Waals surface area contributed by atoms with Crippen LogP contribution in [0.15, 0.2) is 52.7 Å². The molecule has 0 bridgehead atoms. The molecule has 212 valence electrons. The lowest BCUT2D eigenvalue weighted by Crippen LogP contribution is -2.40. The first-order valence-electron chi connectivity index (χ1n) is 15.4. The van der Waals surface area contributed by atoms with Crippen LogP contribution < -0.4 is 5.32 Å². The highest BCUT2D eigenvalue weighted by Gasteiger charge is 2.32. The van der Waals surface area contributed by atoms with E-state index < -0.39 is 0 Å². The van der Waals surface area contributed by atoms with Gasteiger partial charge in [0.1, 0.15) is 11.6 Å². The van der Waals surface area contributed by atoms with Crippen LogP contribution in [0.3, 0.4) is 0 Å². The summed E-state index contributed by atoms with van der Waals surface area (Å²) >= 11 is 0. The molecule has 2 atom stereocenters. The van der Waals surface area contributed by atoms with Crippen molar-refractivity contribution < 1.29 is 4.39 Å². The molecule has 4 aliphatic rings. The summed E-state index contributed by atoms with van der Waals surface area (Å²) in [5.74, 6) is 2.19. The van der Waals surface area contributed by atoms with E-state index in [0.29, 0.717) is 17.4 Å². The molecule has 0 spiro atoms. The second kappa shape index (κ2) is 10.9. The van der Waals surface area contributed by atoms with Gasteiger partial charge >= 0.3 is 0 Å². The van der Waals surface area contributed by atoms with Gasteiger partial charge in [-0.25, -0.2) is 9.37 Å². The Bertz CT molecular complexity index is 1380. The second-order valence-corrected chi connectivity index (χ2v) is 13.5. The Morgan fingerprint density at radius 1 is 1.15 bits per heavy atom. The van der Waals surface area contributed by atoms with Crippen LogP contribution in [-0.4, -0.2) is 40.8 Å². The largest absolute Gasteiger partial charge is 0.361 e. The predicted octanol–water partition coefficient (Wildman–Crippen LogP) is 8.75. The number of fused-ring (bicyclic) bond motifs is 1. The first-order chi connectivity index (χ1) is 19.2. The fourth-order valence-electron chi connectivity index (χ4n) is 7.49. The molecule has 0 saturated heterocycles. The zero-order chi connectivity index (χ0) is 28.0. The number of halogens is 1. The first kappa shape index (κ1) is 27.4. The zero-order valence-electron chi connectivity index (χ0n) is 25.0. The summed E-state index contributed by atoms with van der Waals surface area (Å²) in [6.45, 7) is 14.5. The van der Waals surface area contributed by atoms with Gasteiger partial charge in [-0.2, -0.15) is 0 Å². The number of aromatic nitrogens is 1. The van der Waals surface area contributed by atoms with Crippen molar-refractivity contribution in [2.45, 2.75) is 91.0 Å². The molecule has 40 heavy (non-hydrogen) atoms. The Kier molecular flexibility index (Phi) is 7.45. The molecule has 1 saturated carbocycles. The Labute approximate surface area is 239 Å². The third kappa shape index (κ3) is 5.54. The Balaban J connectivity index is 1.20. The molecule has 1 N–H and O–H groups in total. The lowest BCUT2D eigenvalue weighted by atomic mass is 9.81. The maximum Gasteiger partial charge on any atom is 0.149 e. The summed E-state index contributed by atoms with van der Waals surface area (Å²) in [4.78, 5) is 12.0. The van der Waals surface area contributed by atoms with E-state index in [9.17, 15) is 0 Å². The van der Waals surface area contributed by atoms with E-state index >= 15 is 4.39 Å². The molecule has 2 aromatic rings. The van der Waals surface area contributed by atoms with Crippen molar-refractivity contribution in [3.8, 4) is 11.1 Å². The van der Waals surface area contributed by atoms with Gasteiger partial charge in [-0.05, 0) is 105 Å². The van der Waals surface area contributed by atoms with Gasteiger partial charge in [-0.1, -0.05) is 44.4 Å². The summed E-state index contributed by atoms with van der Waals surface area (Å²) in [7, 11) is 0. The minimum absolute atomic E-state index is 0.240. The number of anilines is 1. The molecule has 1 fully saturated rings. The highest BCUT2D eigenvalue weighted by Crippen LogP contribution is 2.44. The van der Waals surface area contributed by atoms with Crippen LogP contribution in [0.5, 0.6) is 0 Å². The number of rotatable bonds is 7. The summed E-state index contributed by atoms with van der Waals surface area (Å²) in [6.07, 6.45) is 14.8. The number of nitrogens with one attached hydrogen (secondary N) is 1. The van der Waals surface area contributed by atoms with Crippen LogP contribution in [0.1, 0.15) is 89.7 Å². The predicted molar refractivity (Wildman–Crippen MR) is 165 cm³/mol. The second-order valence-electron chi connectivity index (χ2n) is 13.5. The van der Waals surface area contributed by atoms with Crippen molar-refractivity contribution in [1.29, 1.82) is 0 Å². The van der Waals surface area contributed by atoms with Crippen LogP contribution in [-0.2, 0) is 0 Å². The van der Waals surface area contributed by atoms with Crippen molar-refractivity contribution in [1.82, 2.24) is 9.88 Å². The van der Waals surface area contributed by atoms with Crippen LogP contribution in [0.2, 0.25) is 0 Å². The molecule has 4 nitrogen and oxygen atoms in total. The van der Waals surface area contributed by atoms with Crippen molar-refractivity contribution in [2.24, 2.45) is 16.8 Å². The average Bonchev–Trinajstić information content (AvgIpc) is 3.53. The minimum atomic E-state index is -0.287. The zero-order valence-corrected chi connectivity index (χ0v) is 25.0. The number of aliphatic imine (C=N–C) groups is 1. The van der Waals surface area contributed by atoms with Gasteiger partial charge in [-0.3, -0.25) is 9.89 Å². The van der Waals surface area contributed by atoms with Gasteiger partial charge < -0.3 is 5.32 Å². The third-order valence-corrected chi connectivity index (χ3v) is 9.59. The summed E-state index contributed by atoms with van der Waals surface area (Å²) in [5, 5.41) is 3.67. The number of hydrogen-bond acceptors (Lipinski definition) is 4. The average molecular weight is 541 g/mol. The summed E-state index contributed by atoms with van der Waals surface area (Å²) < 4.78 is 15.3. The van der Waals surface area contributed by atoms with E-state index in [1.807, 2.05) is 6.07 Å². The number of hydrogen-bond donors (Lipinski definition) is 1. The van der Waals surface area contributed by atoms with Gasteiger partial charge in [-0.15, -0.1) is 0 Å². The maximum absolute atomic E-state index is 15.3. The molecule has 2 unspecified atom stereocenters. The number of aryl methyl sites for hydroxylation is 1. The first-order valence-corrected chi connectivity index (χ1v) is 15.4. The van der Waals surface area contributed by atoms with Crippen LogP contribution in [0.4, 0.5) is 15.9 Å². The lowest BCUT2D eigenvalue weighted by molar-refractivity contribution is 0.239. The smallest absolute Gasteiger partial charge is 0.149 e. The summed E-state index contributed by atoms with van der Waals surface area (Å²) in [5.41, 5.74) is 8.88. The van der Waals surface area contributed by atoms with Crippen molar-refractivity contribution in [2.75, 3.05) is 25.0 Å². The summed E-state index contributed by atoms with van der Waals surface area (Å²) in [6, 6.07) is 6.13. The van der Waals surface area contributed by atoms with E-state index in [4.69, 9.17) is 4.99 Å². The molecule has 6 rings (SSSR count). The van der Waals surface area contributed by atoms with Gasteiger partial charge in [0, 0.05) is 36.8 Å². The lowest BCUT2D eigenvalue weighted by Gasteiger charge is -2.38. The fraction of sp³-hybridized carbons (Fsp3) is 0.543. The van der Waals surface area contributed by atoms with Crippen LogP contribution in [0.25, 0.3) is 11.1 Å². The normalized spacial score (nSPS) is 25.0. The fourth-order valence-corrected chi connectivity index (χ4v) is 7.49. The molecule has 5 heteroatoms. The standard InChI is InChI=1S/C35H45FN4/c1-22(2)14-29-24(4)38-34-23(3)15-28(16-31(29)34)30-17-33(37-19-32(30)36)39-35(5)12-10-27-21-40(13-11-26(27)18-35)20-25-8-6-7-9-25/h10,12,15-17,19,22,25,29H,6-9,11,13-14,18,20-21H2,1-5H3,(H,37,39). The van der Waals surface area contributed by atoms with E-state index in [0.717, 1.165) is 66.6 Å². The van der Waals surface area contributed by atoms with Crippen LogP contribution in [0, 0.1) is 24.6 Å². The quantitative estimate of drug-likeness (QED) is 0.382. The van der Waals surface area contributed by atoms with Crippen molar-refractivity contribution in [3.05, 3.63) is 64.6 Å². The van der Waals surface area contributed by atoms with Gasteiger partial charge in [0.05, 0.1) is 17.4 Å². The molecule has 0 radical (unpaired) electrons. The minimum Gasteiger partial charge on any atom is -0.361 e. The third-order valence-electron chi connectivity index (χ3n) is 9.59. The van der Waals surface area contributed by atoms with E-state index in [2.05, 4.69) is 74.1 Å². The molecule has 0 amide bonds. The number of nitrogens with zero attached hydrogens (tertiary/aromatic N) is 3. The van der Waals surface area contributed by atoms with Gasteiger partial charge in [0.25, 0.3) is 0 Å². The van der Waals surface area contributed by atoms with Gasteiger partial charge in [0.2, 0.25) is 0 Å². The number of benzene rings is 1. The molecule has 1 aromatic carbocycles. The van der Waals surface area contributed by atoms with E-state index in [1.54, 1.807) is 5.57 Å². The monoisotopic (exact) mass is 540 g/mol. The number of pyridine rings is 1. The molecule has 2 aliphatic heterocycles. The molecular formula is C35H45FN4. The van der Waals surface area contributed by atoms with E-state index in [-0.39, 0.29) is 11.4 Å². The van der Waals surface area contributed by atoms with Crippen molar-refractivity contribution >= 4 is 17.2 Å². The van der Waals surface area contributed by atoms with E-state index in [1.165, 1.54) is 49.6 Å². The Hall–Kier alpha value is -2.79. The SMILES string of the molecule is CC1=Nc2c(C)cc(-c3cc(NC4(C)C=CC5=C(CCN(CC6CCCC6)C5)C4)ncc3F)cc2C1CC(C)C. The maximum atomic E-state index is 15.3. The van der Waals surface area contributed by atoms with Crippen LogP contribution >= 0.6 is 0 Å². The molecule has 1 aromatic heterocycles. The molecule has 2 aliphatic carbocycles. The van der Waals surface area contributed by atoms with Gasteiger partial charge in [0.15, 0.2) is 0 Å². The van der Waals surface area contributed by atoms with Crippen molar-refractivity contribution in [3.63, 3.8) is 0 Å². The highest BCUT2D eigenvalue weighted by atomic mass is 19.1. The Morgan fingerprint density at radius 2 is 1.95 bits per heavy atom. The molecular weight excluding hydrogens is 495 g/mol. The molecule has 3 heterocycles. The highest BCUT2D eigenvalue weighted by molar-refractivity contribution is 5.97. The topological polar surface area (TPSA) is 40.5 Å².